The number of unbranched alkanes of at least 4 members (excludes halogenated alkanes) is 1. The number of fused-ring (bicyclic) bond motifs is 6. The Morgan fingerprint density at radius 2 is 0.901 bits per heavy atom. The van der Waals surface area contributed by atoms with Gasteiger partial charge in [-0.05, 0) is 242 Å². The second-order valence-electron chi connectivity index (χ2n) is 39.4. The Kier molecular flexibility index (Phi) is 28.2. The maximum absolute atomic E-state index is 7.01. The Hall–Kier alpha value is -0.0391. The van der Waals surface area contributed by atoms with E-state index in [9.17, 15) is 0 Å². The summed E-state index contributed by atoms with van der Waals surface area (Å²) in [5.74, 6) is 4.75. The van der Waals surface area contributed by atoms with Gasteiger partial charge in [-0.1, -0.05) is 60.0 Å². The molecular formula is C82H144Cl2GeLiN9P3Si3. The zero-order valence-electron chi connectivity index (χ0n) is 71.1. The van der Waals surface area contributed by atoms with E-state index in [0.717, 1.165) is 30.1 Å². The third-order valence-corrected chi connectivity index (χ3v) is 59.1. The Labute approximate surface area is 655 Å². The average Bonchev–Trinajstić information content (AvgIpc) is 1.68. The number of benzene rings is 3. The molecule has 12 rings (SSSR count). The van der Waals surface area contributed by atoms with Gasteiger partial charge in [0.15, 0.2) is 0 Å². The first-order chi connectivity index (χ1) is 45.7. The Bertz CT molecular complexity index is 3400. The van der Waals surface area contributed by atoms with Crippen LogP contribution < -0.4 is 22.7 Å². The van der Waals surface area contributed by atoms with Gasteiger partial charge in [0.1, 0.15) is 7.58 Å². The molecule has 8 fully saturated rings. The molecule has 3 saturated heterocycles. The fraction of sp³-hybridized carbons (Fsp3) is 0.720. The summed E-state index contributed by atoms with van der Waals surface area (Å²) < 4.78 is 19.9. The molecule has 0 radical (unpaired) electrons. The van der Waals surface area contributed by atoms with Crippen LogP contribution in [0.2, 0.25) is 39.3 Å². The van der Waals surface area contributed by atoms with Gasteiger partial charge in [0.25, 0.3) is 0 Å². The predicted molar refractivity (Wildman–Crippen MR) is 461 cm³/mol. The molecule has 6 aliphatic carbocycles. The number of hydrogen-bond acceptors (Lipinski definition) is 9. The van der Waals surface area contributed by atoms with Gasteiger partial charge in [0.05, 0.1) is 11.4 Å². The number of nitrogens with zero attached hydrogens (tertiary/aromatic N) is 9. The molecule has 19 heteroatoms. The van der Waals surface area contributed by atoms with Crippen LogP contribution in [0.3, 0.4) is 0 Å². The predicted octanol–water partition coefficient (Wildman–Crippen LogP) is 22.5. The molecule has 9 nitrogen and oxygen atoms in total. The van der Waals surface area contributed by atoms with Crippen LogP contribution in [0.15, 0.2) is 57.4 Å². The molecule has 101 heavy (non-hydrogen) atoms. The maximum atomic E-state index is 7.01. The van der Waals surface area contributed by atoms with E-state index in [4.69, 9.17) is 31.2 Å². The van der Waals surface area contributed by atoms with Crippen molar-refractivity contribution >= 4 is 114 Å². The minimum Gasteiger partial charge on any atom is -0.343 e. The second-order valence-corrected chi connectivity index (χ2v) is 62.8. The van der Waals surface area contributed by atoms with E-state index in [1.807, 2.05) is 5.31 Å². The van der Waals surface area contributed by atoms with Crippen molar-refractivity contribution in [2.45, 2.75) is 349 Å². The zero-order valence-corrected chi connectivity index (χ0v) is 81.3. The van der Waals surface area contributed by atoms with E-state index >= 15 is 0 Å². The molecule has 0 amide bonds. The number of rotatable bonds is 8. The Balaban J connectivity index is 0.000000193. The van der Waals surface area contributed by atoms with Gasteiger partial charge in [0, 0.05) is 47.5 Å². The number of anilines is 1. The first-order valence-corrected chi connectivity index (χ1v) is 57.7. The smallest absolute Gasteiger partial charge is 0.343 e. The van der Waals surface area contributed by atoms with Crippen molar-refractivity contribution in [1.29, 1.82) is 0 Å². The summed E-state index contributed by atoms with van der Waals surface area (Å²) in [5, 5.41) is 1.83. The first kappa shape index (κ1) is 88.2. The molecule has 5 saturated carbocycles. The molecule has 3 aromatic carbocycles. The van der Waals surface area contributed by atoms with Crippen LogP contribution in [-0.4, -0.2) is 116 Å². The fourth-order valence-corrected chi connectivity index (χ4v) is 62.0. The summed E-state index contributed by atoms with van der Waals surface area (Å²) in [4.78, 5) is 10.5. The minimum atomic E-state index is -1.68. The molecule has 3 heterocycles. The molecule has 3 aliphatic heterocycles. The molecule has 0 N–H and O–H groups in total. The number of aryl methyl sites for hydroxylation is 9. The standard InChI is InChI=1S/C26H45ClGeN3PSi.C26H44N3PSi.C16H21N.C10H24ClN2PSi.C4H9.Li/c1-17-14-18(2)22(19(3)15-17)29(28-27)23-20-12-13-21(16-20)24(23)32-30(25(4,5)6)33(10,11)31(32)26(7,8)9;1-17-14-18(2)22(19(3)15-17)27-23-20-12-13-21(16-20)24(23)30-28(25(4,5)6)31(10,11)29(30)26(7,8)9;1-10-6-11(2)16(12(3)7-10)17-15-9-13-4-5-14(15)8-13;1-9(2,3)12-14(11)13(10(4,5)6)15(12,7)8;1-3-4-2;/h14-15,20-21H,12-13,16,28H2,1-11H3;14-15,20-21,24H,12-13,16H2,1-11H3;6-7,13-14H,4-5,8-9H2,1-3H3;1-8H3;1,3-4H2,2H3;/q-1;;;;-1;+1/p+1. The van der Waals surface area contributed by atoms with Crippen LogP contribution in [0, 0.1) is 105 Å². The largest absolute Gasteiger partial charge is 1.00 e. The molecule has 7 unspecified atom stereocenters. The average molecular weight is 1580 g/mol. The van der Waals surface area contributed by atoms with Crippen LogP contribution in [-0.2, 0) is 0 Å². The van der Waals surface area contributed by atoms with E-state index < -0.39 is 55.7 Å². The van der Waals surface area contributed by atoms with Gasteiger partial charge in [-0.2, -0.15) is 6.42 Å². The third kappa shape index (κ3) is 18.1. The van der Waals surface area contributed by atoms with Crippen LogP contribution >= 0.6 is 45.3 Å². The summed E-state index contributed by atoms with van der Waals surface area (Å²) in [5.41, 5.74) is 22.7. The van der Waals surface area contributed by atoms with E-state index in [0.29, 0.717) is 17.5 Å². The van der Waals surface area contributed by atoms with Crippen LogP contribution in [0.25, 0.3) is 0 Å². The minimum absolute atomic E-state index is 0. The number of hydrogen-bond donors (Lipinski definition) is 0. The monoisotopic (exact) mass is 1580 g/mol. The molecule has 9 aliphatic rings. The van der Waals surface area contributed by atoms with Gasteiger partial charge in [-0.15, -0.1) is 0 Å². The molecule has 563 valence electrons. The topological polar surface area (TPSA) is 47.4 Å². The van der Waals surface area contributed by atoms with E-state index in [-0.39, 0.29) is 60.3 Å². The molecule has 7 atom stereocenters. The van der Waals surface area contributed by atoms with E-state index in [1.165, 1.54) is 143 Å². The molecular weight excluding hydrogens is 1440 g/mol. The van der Waals surface area contributed by atoms with E-state index in [2.05, 4.69) is 306 Å². The van der Waals surface area contributed by atoms with Crippen molar-refractivity contribution < 1.29 is 18.9 Å². The van der Waals surface area contributed by atoms with Crippen molar-refractivity contribution in [1.82, 2.24) is 26.0 Å². The van der Waals surface area contributed by atoms with Gasteiger partial charge < -0.3 is 6.92 Å². The van der Waals surface area contributed by atoms with E-state index in [1.54, 1.807) is 11.4 Å². The quantitative estimate of drug-likeness (QED) is 0.127. The second kappa shape index (κ2) is 32.3. The van der Waals surface area contributed by atoms with Crippen molar-refractivity contribution in [2.75, 3.05) is 3.86 Å². The normalized spacial score (nSPS) is 27.2. The maximum Gasteiger partial charge on any atom is 1.00 e. The molecule has 6 bridgehead atoms. The summed E-state index contributed by atoms with van der Waals surface area (Å²) in [6.07, 6.45) is 16.0. The number of allylic oxidation sites excluding steroid dienone is 2. The number of aliphatic imine (C=N–C) groups is 2. The third-order valence-electron chi connectivity index (χ3n) is 22.8. The summed E-state index contributed by atoms with van der Waals surface area (Å²) >= 11 is 5.16. The summed E-state index contributed by atoms with van der Waals surface area (Å²) in [6.45, 7) is 83.8. The van der Waals surface area contributed by atoms with Crippen LogP contribution in [0.1, 0.15) is 259 Å². The zero-order chi connectivity index (χ0) is 75.4. The first-order valence-electron chi connectivity index (χ1n) is 38.9. The number of halogens is 2. The Morgan fingerprint density at radius 1 is 0.515 bits per heavy atom. The SMILES string of the molecule is CC(C)(C)N1P(Cl)N(C(C)(C)C)[Si]1(C)C.Cc1cc(C)c(N=C2C3CCC(C3)C2P2N(C(C)(C)C)[Si](C)(C)N2C(C)(C)C)c(C)c1.Cc1cc(C)c(N=C2CC3CCC2C3)c(C)c1.Cc1cc(C)c([N]([GeH2-][Cl])C2=C([PH+]3N(C(C)(C)C)[Si](C)(C)N3C(C)(C)C)C3CCC2C3)c(C)c1.[CH2-]CCC.[Li+]. The van der Waals surface area contributed by atoms with Gasteiger partial charge in [0.2, 0.25) is 16.8 Å². The van der Waals surface area contributed by atoms with Crippen molar-refractivity contribution in [2.24, 2.45) is 45.5 Å². The van der Waals surface area contributed by atoms with Gasteiger partial charge in [-0.3, -0.25) is 27.3 Å². The molecule has 3 aromatic rings. The van der Waals surface area contributed by atoms with Crippen molar-refractivity contribution in [3.05, 3.63) is 104 Å². The molecule has 0 spiro atoms. The fourth-order valence-electron chi connectivity index (χ4n) is 21.1. The van der Waals surface area contributed by atoms with Crippen molar-refractivity contribution in [3.63, 3.8) is 0 Å². The summed E-state index contributed by atoms with van der Waals surface area (Å²) in [7, 11) is 0.271. The van der Waals surface area contributed by atoms with Gasteiger partial charge >= 0.3 is 236 Å². The van der Waals surface area contributed by atoms with Crippen LogP contribution in [0.5, 0.6) is 0 Å². The van der Waals surface area contributed by atoms with Crippen LogP contribution in [0.4, 0.5) is 17.1 Å². The van der Waals surface area contributed by atoms with Gasteiger partial charge in [-0.25, -0.2) is 0 Å². The van der Waals surface area contributed by atoms with Crippen molar-refractivity contribution in [3.8, 4) is 0 Å². The Morgan fingerprint density at radius 3 is 1.27 bits per heavy atom. The molecule has 0 aromatic heterocycles. The summed E-state index contributed by atoms with van der Waals surface area (Å²) in [6, 6.07) is 13.8.